The van der Waals surface area contributed by atoms with Crippen LogP contribution in [0.25, 0.3) is 44.6 Å². The van der Waals surface area contributed by atoms with Crippen molar-refractivity contribution in [2.45, 2.75) is 18.3 Å². The normalized spacial score (nSPS) is 17.8. The molecule has 3 aliphatic rings. The minimum Gasteiger partial charge on any atom is -0.335 e. The Labute approximate surface area is 322 Å². The summed E-state index contributed by atoms with van der Waals surface area (Å²) < 4.78 is 4.64. The van der Waals surface area contributed by atoms with E-state index in [-0.39, 0.29) is 18.1 Å². The average molecular weight is 722 g/mol. The second-order valence-electron chi connectivity index (χ2n) is 14.8. The van der Waals surface area contributed by atoms with Gasteiger partial charge in [0.15, 0.2) is 0 Å². The summed E-state index contributed by atoms with van der Waals surface area (Å²) in [5, 5.41) is 1.77. The quantitative estimate of drug-likeness (QED) is 0.165. The first-order valence-corrected chi connectivity index (χ1v) is 18.9. The second-order valence-corrected chi connectivity index (χ2v) is 14.8. The molecule has 9 nitrogen and oxygen atoms in total. The van der Waals surface area contributed by atoms with Gasteiger partial charge in [0.05, 0.1) is 28.1 Å². The van der Waals surface area contributed by atoms with Crippen molar-refractivity contribution in [3.8, 4) is 11.5 Å². The molecule has 0 N–H and O–H groups in total. The van der Waals surface area contributed by atoms with Gasteiger partial charge in [-0.25, -0.2) is 19.9 Å². The predicted molar refractivity (Wildman–Crippen MR) is 225 cm³/mol. The number of hydrogen-bond acceptors (Lipinski definition) is 7. The molecule has 7 aromatic heterocycles. The number of fused-ring (bicyclic) bond motifs is 9. The summed E-state index contributed by atoms with van der Waals surface area (Å²) in [6.07, 6.45) is 18.6. The number of para-hydroxylation sites is 1. The molecular weight excluding hydrogens is 689 g/mol. The molecule has 9 aromatic rings. The molecule has 0 radical (unpaired) electrons. The summed E-state index contributed by atoms with van der Waals surface area (Å²) in [7, 11) is 0. The number of benzene rings is 2. The summed E-state index contributed by atoms with van der Waals surface area (Å²) in [6.45, 7) is 2.43. The third-order valence-corrected chi connectivity index (χ3v) is 11.9. The van der Waals surface area contributed by atoms with E-state index in [1.165, 1.54) is 10.9 Å². The molecule has 0 bridgehead atoms. The summed E-state index contributed by atoms with van der Waals surface area (Å²) in [5.41, 5.74) is 10.6. The molecular formula is C46H32BN9. The molecule has 0 saturated heterocycles. The number of aromatic nitrogens is 7. The lowest BCUT2D eigenvalue weighted by atomic mass is 9.23. The first kappa shape index (κ1) is 31.1. The van der Waals surface area contributed by atoms with E-state index in [1.807, 2.05) is 85.6 Å². The second kappa shape index (κ2) is 11.6. The Hall–Kier alpha value is -7.33. The Balaban J connectivity index is 1.29. The third kappa shape index (κ3) is 4.12. The summed E-state index contributed by atoms with van der Waals surface area (Å²) in [6, 6.07) is 39.9. The lowest BCUT2D eigenvalue weighted by Crippen LogP contribution is -2.65. The van der Waals surface area contributed by atoms with Gasteiger partial charge in [-0.05, 0) is 95.1 Å². The zero-order chi connectivity index (χ0) is 37.0. The van der Waals surface area contributed by atoms with Gasteiger partial charge in [-0.1, -0.05) is 67.6 Å². The summed E-state index contributed by atoms with van der Waals surface area (Å²) >= 11 is 0. The fraction of sp³-hybridized carbons (Fsp3) is 0.0652. The molecule has 264 valence electrons. The van der Waals surface area contributed by atoms with E-state index >= 15 is 0 Å². The van der Waals surface area contributed by atoms with Gasteiger partial charge in [0.2, 0.25) is 6.71 Å². The van der Waals surface area contributed by atoms with Crippen molar-refractivity contribution >= 4 is 79.4 Å². The molecule has 12 rings (SSSR count). The third-order valence-electron chi connectivity index (χ3n) is 11.9. The van der Waals surface area contributed by atoms with Crippen molar-refractivity contribution in [2.75, 3.05) is 9.80 Å². The van der Waals surface area contributed by atoms with E-state index in [4.69, 9.17) is 24.9 Å². The van der Waals surface area contributed by atoms with Gasteiger partial charge in [0.1, 0.15) is 28.7 Å². The van der Waals surface area contributed by atoms with Crippen molar-refractivity contribution in [3.63, 3.8) is 0 Å². The van der Waals surface area contributed by atoms with Crippen LogP contribution in [-0.4, -0.2) is 46.8 Å². The van der Waals surface area contributed by atoms with Crippen molar-refractivity contribution in [1.82, 2.24) is 34.1 Å². The van der Waals surface area contributed by atoms with Crippen LogP contribution in [0.5, 0.6) is 0 Å². The number of rotatable bonds is 5. The van der Waals surface area contributed by atoms with E-state index in [0.29, 0.717) is 0 Å². The van der Waals surface area contributed by atoms with Gasteiger partial charge >= 0.3 is 0 Å². The fourth-order valence-corrected chi connectivity index (χ4v) is 9.69. The van der Waals surface area contributed by atoms with Crippen molar-refractivity contribution in [1.29, 1.82) is 0 Å². The first-order chi connectivity index (χ1) is 27.7. The molecule has 2 aromatic carbocycles. The highest BCUT2D eigenvalue weighted by Gasteiger charge is 2.55. The maximum Gasteiger partial charge on any atom is 0.229 e. The zero-order valence-corrected chi connectivity index (χ0v) is 30.3. The Kier molecular flexibility index (Phi) is 6.43. The van der Waals surface area contributed by atoms with E-state index in [1.54, 1.807) is 0 Å². The molecule has 0 spiro atoms. The van der Waals surface area contributed by atoms with Gasteiger partial charge in [-0.2, -0.15) is 0 Å². The number of pyridine rings is 5. The Morgan fingerprint density at radius 1 is 0.661 bits per heavy atom. The smallest absolute Gasteiger partial charge is 0.229 e. The van der Waals surface area contributed by atoms with Gasteiger partial charge in [-0.15, -0.1) is 0 Å². The van der Waals surface area contributed by atoms with E-state index in [9.17, 15) is 0 Å². The van der Waals surface area contributed by atoms with Gasteiger partial charge in [-0.3, -0.25) is 19.0 Å². The molecule has 56 heavy (non-hydrogen) atoms. The van der Waals surface area contributed by atoms with Crippen LogP contribution in [0.3, 0.4) is 0 Å². The highest BCUT2D eigenvalue weighted by atomic mass is 15.3. The zero-order valence-electron chi connectivity index (χ0n) is 30.3. The monoisotopic (exact) mass is 721 g/mol. The maximum atomic E-state index is 5.20. The Bertz CT molecular complexity index is 3030. The van der Waals surface area contributed by atoms with Crippen LogP contribution in [0.1, 0.15) is 6.92 Å². The lowest BCUT2D eigenvalue weighted by Gasteiger charge is -2.53. The van der Waals surface area contributed by atoms with Crippen LogP contribution in [0.4, 0.5) is 28.7 Å². The molecule has 0 fully saturated rings. The van der Waals surface area contributed by atoms with Crippen molar-refractivity contribution in [3.05, 3.63) is 171 Å². The minimum atomic E-state index is -0.316. The molecule has 2 atom stereocenters. The van der Waals surface area contributed by atoms with E-state index in [0.717, 1.165) is 73.3 Å². The largest absolute Gasteiger partial charge is 0.335 e. The van der Waals surface area contributed by atoms with Gasteiger partial charge in [0, 0.05) is 53.4 Å². The molecule has 0 saturated carbocycles. The molecule has 9 heterocycles. The summed E-state index contributed by atoms with van der Waals surface area (Å²) in [5.74, 6) is 2.34. The molecule has 0 amide bonds. The molecule has 2 unspecified atom stereocenters. The number of nitrogens with zero attached hydrogens (tertiary/aromatic N) is 9. The topological polar surface area (TPSA) is 80.8 Å². The number of anilines is 5. The van der Waals surface area contributed by atoms with Crippen molar-refractivity contribution < 1.29 is 0 Å². The minimum absolute atomic E-state index is 0.00978. The van der Waals surface area contributed by atoms with Crippen molar-refractivity contribution in [2.24, 2.45) is 0 Å². The number of allylic oxidation sites excluding steroid dienone is 2. The Morgan fingerprint density at radius 3 is 2.14 bits per heavy atom. The summed E-state index contributed by atoms with van der Waals surface area (Å²) in [4.78, 5) is 29.6. The van der Waals surface area contributed by atoms with Crippen LogP contribution >= 0.6 is 0 Å². The molecule has 2 aliphatic heterocycles. The van der Waals surface area contributed by atoms with Gasteiger partial charge in [0.25, 0.3) is 0 Å². The lowest BCUT2D eigenvalue weighted by molar-refractivity contribution is 0.613. The maximum absolute atomic E-state index is 5.20. The highest BCUT2D eigenvalue weighted by molar-refractivity contribution is 6.92. The van der Waals surface area contributed by atoms with E-state index < -0.39 is 0 Å². The van der Waals surface area contributed by atoms with Crippen LogP contribution < -0.4 is 20.7 Å². The standard InChI is InChI=1S/C46H32BN9/c1-46-22-9-5-17-36(46)53(30-14-3-2-4-15-30)34-28-31(54(37-18-6-10-23-48-37)38-19-7-11-24-49-38)29-35-41(34)47(46)33-21-27-51-42-40-32-16-13-26-52-44(32)56(39-20-8-12-25-50-39)45(40)55(35)43(33)42/h2-29,36H,1H3. The van der Waals surface area contributed by atoms with Gasteiger partial charge < -0.3 is 4.90 Å². The number of hydrogen-bond donors (Lipinski definition) is 0. The van der Waals surface area contributed by atoms with Crippen LogP contribution in [0, 0.1) is 0 Å². The molecule has 10 heteroatoms. The van der Waals surface area contributed by atoms with E-state index in [2.05, 4.69) is 111 Å². The average Bonchev–Trinajstić information content (AvgIpc) is 3.77. The van der Waals surface area contributed by atoms with Crippen LogP contribution in [-0.2, 0) is 0 Å². The predicted octanol–water partition coefficient (Wildman–Crippen LogP) is 8.50. The van der Waals surface area contributed by atoms with Crippen LogP contribution in [0.15, 0.2) is 171 Å². The highest BCUT2D eigenvalue weighted by Crippen LogP contribution is 2.53. The first-order valence-electron chi connectivity index (χ1n) is 18.9. The fourth-order valence-electron chi connectivity index (χ4n) is 9.69. The SMILES string of the molecule is CC12C=CC=CC1N(c1ccccc1)c1cc(N(c3ccccn3)c3ccccn3)cc3c1B2c1ccnc2c4c5cccnc5n(-c5ccccn5)c4n-3c12. The Morgan fingerprint density at radius 2 is 1.39 bits per heavy atom. The molecule has 1 aliphatic carbocycles. The van der Waals surface area contributed by atoms with Crippen LogP contribution in [0.2, 0.25) is 5.31 Å².